The minimum absolute atomic E-state index is 0.443. The molecule has 1 rings (SSSR count). The lowest BCUT2D eigenvalue weighted by Gasteiger charge is -2.20. The van der Waals surface area contributed by atoms with E-state index in [0.717, 1.165) is 5.56 Å². The number of ether oxygens (including phenoxy) is 1. The predicted molar refractivity (Wildman–Crippen MR) is 81.3 cm³/mol. The molecule has 112 valence electrons. The second kappa shape index (κ2) is 6.02. The van der Waals surface area contributed by atoms with Crippen molar-refractivity contribution in [1.82, 2.24) is 0 Å². The van der Waals surface area contributed by atoms with E-state index in [1.807, 2.05) is 0 Å². The summed E-state index contributed by atoms with van der Waals surface area (Å²) in [5.74, 6) is 0. The van der Waals surface area contributed by atoms with E-state index in [2.05, 4.69) is 5.32 Å². The van der Waals surface area contributed by atoms with Gasteiger partial charge in [-0.05, 0) is 52.3 Å². The number of hydrogen-bond donors (Lipinski definition) is 2. The van der Waals surface area contributed by atoms with E-state index in [1.165, 1.54) is 0 Å². The Morgan fingerprint density at radius 3 is 2.35 bits per heavy atom. The zero-order valence-electron chi connectivity index (χ0n) is 12.6. The SMILES string of the molecule is CC(C)(O)Cc1ccc(NC(=O)OC(C)(C)C)cc1Cl. The molecule has 0 unspecified atom stereocenters. The van der Waals surface area contributed by atoms with E-state index in [1.54, 1.807) is 52.8 Å². The van der Waals surface area contributed by atoms with Crippen LogP contribution in [0.3, 0.4) is 0 Å². The van der Waals surface area contributed by atoms with Gasteiger partial charge in [0.05, 0.1) is 5.60 Å². The predicted octanol–water partition coefficient (Wildman–Crippen LogP) is 4.00. The van der Waals surface area contributed by atoms with Gasteiger partial charge in [-0.3, -0.25) is 5.32 Å². The number of carbonyl (C=O) groups excluding carboxylic acids is 1. The summed E-state index contributed by atoms with van der Waals surface area (Å²) in [5.41, 5.74) is 0.0102. The van der Waals surface area contributed by atoms with Crippen LogP contribution in [-0.2, 0) is 11.2 Å². The lowest BCUT2D eigenvalue weighted by Crippen LogP contribution is -2.27. The molecule has 0 atom stereocenters. The third-order valence-electron chi connectivity index (χ3n) is 2.32. The third kappa shape index (κ3) is 6.26. The molecule has 0 saturated heterocycles. The Bertz CT molecular complexity index is 487. The van der Waals surface area contributed by atoms with Gasteiger partial charge in [0.25, 0.3) is 0 Å². The second-order valence-corrected chi connectivity index (χ2v) is 6.83. The smallest absolute Gasteiger partial charge is 0.412 e. The number of carbonyl (C=O) groups is 1. The molecule has 1 aromatic rings. The van der Waals surface area contributed by atoms with Crippen LogP contribution in [0.4, 0.5) is 10.5 Å². The number of benzene rings is 1. The molecule has 4 nitrogen and oxygen atoms in total. The first-order valence-corrected chi connectivity index (χ1v) is 6.85. The van der Waals surface area contributed by atoms with E-state index < -0.39 is 17.3 Å². The topological polar surface area (TPSA) is 58.6 Å². The number of nitrogens with one attached hydrogen (secondary N) is 1. The normalized spacial score (nSPS) is 12.2. The zero-order chi connectivity index (χ0) is 15.6. The van der Waals surface area contributed by atoms with Gasteiger partial charge in [-0.2, -0.15) is 0 Å². The van der Waals surface area contributed by atoms with Crippen LogP contribution in [-0.4, -0.2) is 22.4 Å². The maximum atomic E-state index is 11.6. The molecule has 0 saturated carbocycles. The Hall–Kier alpha value is -1.26. The number of halogens is 1. The van der Waals surface area contributed by atoms with Crippen LogP contribution in [0.25, 0.3) is 0 Å². The summed E-state index contributed by atoms with van der Waals surface area (Å²) in [7, 11) is 0. The van der Waals surface area contributed by atoms with Gasteiger partial charge in [0.15, 0.2) is 0 Å². The van der Waals surface area contributed by atoms with Crippen molar-refractivity contribution < 1.29 is 14.6 Å². The van der Waals surface area contributed by atoms with Crippen molar-refractivity contribution in [2.75, 3.05) is 5.32 Å². The Morgan fingerprint density at radius 1 is 1.30 bits per heavy atom. The average molecular weight is 300 g/mol. The van der Waals surface area contributed by atoms with Gasteiger partial charge in [0, 0.05) is 17.1 Å². The van der Waals surface area contributed by atoms with Crippen LogP contribution in [0.5, 0.6) is 0 Å². The molecule has 0 bridgehead atoms. The Morgan fingerprint density at radius 2 is 1.90 bits per heavy atom. The number of aliphatic hydroxyl groups is 1. The van der Waals surface area contributed by atoms with Gasteiger partial charge in [-0.15, -0.1) is 0 Å². The number of rotatable bonds is 3. The molecule has 0 spiro atoms. The van der Waals surface area contributed by atoms with Crippen LogP contribution < -0.4 is 5.32 Å². The fourth-order valence-corrected chi connectivity index (χ4v) is 1.90. The van der Waals surface area contributed by atoms with Crippen molar-refractivity contribution in [2.24, 2.45) is 0 Å². The molecule has 0 aliphatic carbocycles. The lowest BCUT2D eigenvalue weighted by atomic mass is 9.98. The van der Waals surface area contributed by atoms with Crippen molar-refractivity contribution in [3.63, 3.8) is 0 Å². The van der Waals surface area contributed by atoms with E-state index in [0.29, 0.717) is 17.1 Å². The first-order valence-electron chi connectivity index (χ1n) is 6.47. The molecular weight excluding hydrogens is 278 g/mol. The summed E-state index contributed by atoms with van der Waals surface area (Å²) in [6.07, 6.45) is -0.0812. The van der Waals surface area contributed by atoms with E-state index in [4.69, 9.17) is 16.3 Å². The van der Waals surface area contributed by atoms with Crippen molar-refractivity contribution in [3.8, 4) is 0 Å². The minimum Gasteiger partial charge on any atom is -0.444 e. The van der Waals surface area contributed by atoms with Crippen LogP contribution in [0.15, 0.2) is 18.2 Å². The molecule has 0 fully saturated rings. The maximum absolute atomic E-state index is 11.6. The minimum atomic E-state index is -0.830. The molecule has 0 aromatic heterocycles. The van der Waals surface area contributed by atoms with Gasteiger partial charge < -0.3 is 9.84 Å². The summed E-state index contributed by atoms with van der Waals surface area (Å²) in [4.78, 5) is 11.6. The summed E-state index contributed by atoms with van der Waals surface area (Å²) >= 11 is 6.15. The maximum Gasteiger partial charge on any atom is 0.412 e. The van der Waals surface area contributed by atoms with Crippen LogP contribution >= 0.6 is 11.6 Å². The Labute approximate surface area is 125 Å². The summed E-state index contributed by atoms with van der Waals surface area (Å²) in [5, 5.41) is 12.9. The third-order valence-corrected chi connectivity index (χ3v) is 2.67. The van der Waals surface area contributed by atoms with E-state index in [-0.39, 0.29) is 0 Å². The van der Waals surface area contributed by atoms with Crippen molar-refractivity contribution >= 4 is 23.4 Å². The fourth-order valence-electron chi connectivity index (χ4n) is 1.66. The quantitative estimate of drug-likeness (QED) is 0.887. The number of amides is 1. The molecular formula is C15H22ClNO3. The molecule has 2 N–H and O–H groups in total. The zero-order valence-corrected chi connectivity index (χ0v) is 13.3. The summed E-state index contributed by atoms with van der Waals surface area (Å²) in [6.45, 7) is 8.83. The highest BCUT2D eigenvalue weighted by Gasteiger charge is 2.18. The molecule has 5 heteroatoms. The molecule has 1 aromatic carbocycles. The van der Waals surface area contributed by atoms with E-state index in [9.17, 15) is 9.90 Å². The second-order valence-electron chi connectivity index (χ2n) is 6.42. The standard InChI is InChI=1S/C15H22ClNO3/c1-14(2,3)20-13(18)17-11-7-6-10(12(16)8-11)9-15(4,5)19/h6-8,19H,9H2,1-5H3,(H,17,18). The largest absolute Gasteiger partial charge is 0.444 e. The van der Waals surface area contributed by atoms with E-state index >= 15 is 0 Å². The molecule has 1 amide bonds. The molecule has 20 heavy (non-hydrogen) atoms. The fraction of sp³-hybridized carbons (Fsp3) is 0.533. The van der Waals surface area contributed by atoms with Gasteiger partial charge in [-0.25, -0.2) is 4.79 Å². The number of hydrogen-bond acceptors (Lipinski definition) is 3. The Balaban J connectivity index is 2.75. The first-order chi connectivity index (χ1) is 8.96. The molecule has 0 aliphatic heterocycles. The summed E-state index contributed by atoms with van der Waals surface area (Å²) < 4.78 is 5.16. The molecule has 0 heterocycles. The average Bonchev–Trinajstić information content (AvgIpc) is 2.17. The highest BCUT2D eigenvalue weighted by molar-refractivity contribution is 6.31. The van der Waals surface area contributed by atoms with Crippen LogP contribution in [0.2, 0.25) is 5.02 Å². The molecule has 0 radical (unpaired) electrons. The van der Waals surface area contributed by atoms with Crippen molar-refractivity contribution in [3.05, 3.63) is 28.8 Å². The first kappa shape index (κ1) is 16.8. The highest BCUT2D eigenvalue weighted by atomic mass is 35.5. The van der Waals surface area contributed by atoms with Crippen LogP contribution in [0, 0.1) is 0 Å². The monoisotopic (exact) mass is 299 g/mol. The lowest BCUT2D eigenvalue weighted by molar-refractivity contribution is 0.0635. The summed E-state index contributed by atoms with van der Waals surface area (Å²) in [6, 6.07) is 5.16. The van der Waals surface area contributed by atoms with Crippen molar-refractivity contribution in [1.29, 1.82) is 0 Å². The Kier molecular flexibility index (Phi) is 5.05. The van der Waals surface area contributed by atoms with Gasteiger partial charge in [-0.1, -0.05) is 17.7 Å². The van der Waals surface area contributed by atoms with Gasteiger partial charge in [0.1, 0.15) is 5.60 Å². The molecule has 0 aliphatic rings. The van der Waals surface area contributed by atoms with Gasteiger partial charge in [0.2, 0.25) is 0 Å². The highest BCUT2D eigenvalue weighted by Crippen LogP contribution is 2.25. The van der Waals surface area contributed by atoms with Crippen molar-refractivity contribution in [2.45, 2.75) is 52.2 Å². The van der Waals surface area contributed by atoms with Crippen LogP contribution in [0.1, 0.15) is 40.2 Å². The number of anilines is 1. The van der Waals surface area contributed by atoms with Gasteiger partial charge >= 0.3 is 6.09 Å².